The molecule has 8 nitrogen and oxygen atoms in total. The molecule has 1 atom stereocenters. The van der Waals surface area contributed by atoms with Crippen LogP contribution in [0.2, 0.25) is 0 Å². The van der Waals surface area contributed by atoms with Gasteiger partial charge in [-0.1, -0.05) is 0 Å². The molecule has 3 N–H and O–H groups in total. The largest absolute Gasteiger partial charge is 0.480 e. The van der Waals surface area contributed by atoms with Crippen molar-refractivity contribution in [2.45, 2.75) is 17.9 Å². The number of carbonyl (C=O) groups is 1. The van der Waals surface area contributed by atoms with Crippen LogP contribution in [0.15, 0.2) is 23.1 Å². The van der Waals surface area contributed by atoms with E-state index in [9.17, 15) is 26.0 Å². The molecule has 0 heterocycles. The van der Waals surface area contributed by atoms with Crippen molar-refractivity contribution in [3.8, 4) is 0 Å². The molecule has 118 valence electrons. The first-order valence-corrected chi connectivity index (χ1v) is 8.82. The Balaban J connectivity index is 3.11. The van der Waals surface area contributed by atoms with Crippen molar-refractivity contribution in [3.63, 3.8) is 0 Å². The molecular formula is C10H13FN2O6S2. The second-order valence-electron chi connectivity index (χ2n) is 4.20. The molecule has 0 bridgehead atoms. The van der Waals surface area contributed by atoms with Crippen LogP contribution in [0.5, 0.6) is 0 Å². The number of halogens is 1. The molecule has 1 aromatic carbocycles. The van der Waals surface area contributed by atoms with Gasteiger partial charge in [-0.05, 0) is 25.1 Å². The van der Waals surface area contributed by atoms with E-state index in [-0.39, 0.29) is 0 Å². The summed E-state index contributed by atoms with van der Waals surface area (Å²) in [6, 6.07) is 1.07. The van der Waals surface area contributed by atoms with Crippen molar-refractivity contribution in [1.82, 2.24) is 4.72 Å². The summed E-state index contributed by atoms with van der Waals surface area (Å²) in [6.07, 6.45) is 0.813. The summed E-state index contributed by atoms with van der Waals surface area (Å²) in [4.78, 5) is 10.1. The number of carboxylic acid groups (broad SMARTS) is 1. The molecule has 0 fully saturated rings. The highest BCUT2D eigenvalue weighted by atomic mass is 32.2. The van der Waals surface area contributed by atoms with Crippen LogP contribution in [0, 0.1) is 5.82 Å². The van der Waals surface area contributed by atoms with E-state index in [0.717, 1.165) is 25.3 Å². The van der Waals surface area contributed by atoms with Gasteiger partial charge in [-0.3, -0.25) is 9.52 Å². The fraction of sp³-hybridized carbons (Fsp3) is 0.300. The number of anilines is 1. The highest BCUT2D eigenvalue weighted by molar-refractivity contribution is 7.92. The lowest BCUT2D eigenvalue weighted by molar-refractivity contribution is -0.138. The molecule has 0 saturated heterocycles. The zero-order valence-corrected chi connectivity index (χ0v) is 12.6. The third-order valence-electron chi connectivity index (χ3n) is 2.25. The fourth-order valence-corrected chi connectivity index (χ4v) is 3.07. The van der Waals surface area contributed by atoms with Gasteiger partial charge in [0.1, 0.15) is 11.9 Å². The number of aliphatic carboxylic acids is 1. The number of hydrogen-bond donors (Lipinski definition) is 3. The molecule has 0 amide bonds. The molecule has 0 aromatic heterocycles. The average molecular weight is 340 g/mol. The summed E-state index contributed by atoms with van der Waals surface area (Å²) in [5.74, 6) is -2.50. The van der Waals surface area contributed by atoms with Gasteiger partial charge < -0.3 is 5.11 Å². The Morgan fingerprint density at radius 1 is 1.29 bits per heavy atom. The van der Waals surface area contributed by atoms with Crippen LogP contribution in [-0.2, 0) is 24.8 Å². The van der Waals surface area contributed by atoms with Crippen molar-refractivity contribution in [2.24, 2.45) is 0 Å². The molecule has 21 heavy (non-hydrogen) atoms. The van der Waals surface area contributed by atoms with Crippen LogP contribution in [0.1, 0.15) is 6.92 Å². The van der Waals surface area contributed by atoms with E-state index >= 15 is 0 Å². The highest BCUT2D eigenvalue weighted by Gasteiger charge is 2.22. The van der Waals surface area contributed by atoms with E-state index < -0.39 is 48.5 Å². The Labute approximate surface area is 121 Å². The molecule has 1 unspecified atom stereocenters. The third-order valence-corrected chi connectivity index (χ3v) is 4.38. The minimum Gasteiger partial charge on any atom is -0.480 e. The lowest BCUT2D eigenvalue weighted by atomic mass is 10.3. The predicted molar refractivity (Wildman–Crippen MR) is 72.3 cm³/mol. The fourth-order valence-electron chi connectivity index (χ4n) is 1.30. The van der Waals surface area contributed by atoms with Crippen molar-refractivity contribution in [3.05, 3.63) is 24.0 Å². The molecule has 0 saturated carbocycles. The predicted octanol–water partition coefficient (Wildman–Crippen LogP) is -0.0514. The number of rotatable bonds is 6. The van der Waals surface area contributed by atoms with E-state index in [1.54, 1.807) is 0 Å². The lowest BCUT2D eigenvalue weighted by Gasteiger charge is -2.11. The van der Waals surface area contributed by atoms with Crippen molar-refractivity contribution < 1.29 is 31.1 Å². The summed E-state index contributed by atoms with van der Waals surface area (Å²) < 4.78 is 63.0. The van der Waals surface area contributed by atoms with Crippen LogP contribution >= 0.6 is 0 Å². The van der Waals surface area contributed by atoms with Gasteiger partial charge in [0.15, 0.2) is 0 Å². The summed E-state index contributed by atoms with van der Waals surface area (Å²) in [5, 5.41) is 8.64. The van der Waals surface area contributed by atoms with Gasteiger partial charge >= 0.3 is 5.97 Å². The smallest absolute Gasteiger partial charge is 0.321 e. The van der Waals surface area contributed by atoms with E-state index in [1.165, 1.54) is 0 Å². The summed E-state index contributed by atoms with van der Waals surface area (Å²) in [7, 11) is -7.95. The van der Waals surface area contributed by atoms with Gasteiger partial charge in [-0.15, -0.1) is 0 Å². The molecule has 1 aromatic rings. The Morgan fingerprint density at radius 2 is 1.86 bits per heavy atom. The number of carboxylic acids is 1. The van der Waals surface area contributed by atoms with Crippen molar-refractivity contribution in [1.29, 1.82) is 0 Å². The molecule has 0 radical (unpaired) electrons. The average Bonchev–Trinajstić information content (AvgIpc) is 2.29. The number of sulfonamides is 2. The molecule has 11 heteroatoms. The first-order chi connectivity index (χ1) is 9.42. The van der Waals surface area contributed by atoms with Crippen LogP contribution in [0.25, 0.3) is 0 Å². The van der Waals surface area contributed by atoms with E-state index in [4.69, 9.17) is 5.11 Å². The normalized spacial score (nSPS) is 13.7. The highest BCUT2D eigenvalue weighted by Crippen LogP contribution is 2.20. The summed E-state index contributed by atoms with van der Waals surface area (Å²) >= 11 is 0. The van der Waals surface area contributed by atoms with E-state index in [0.29, 0.717) is 6.07 Å². The Hall–Kier alpha value is -1.72. The van der Waals surface area contributed by atoms with Crippen molar-refractivity contribution in [2.75, 3.05) is 11.0 Å². The molecule has 1 rings (SSSR count). The second-order valence-corrected chi connectivity index (χ2v) is 7.66. The Kier molecular flexibility index (Phi) is 4.91. The van der Waals surface area contributed by atoms with Gasteiger partial charge in [0.05, 0.1) is 16.8 Å². The first kappa shape index (κ1) is 17.3. The van der Waals surface area contributed by atoms with Crippen molar-refractivity contribution >= 4 is 31.7 Å². The van der Waals surface area contributed by atoms with E-state index in [1.807, 2.05) is 9.44 Å². The van der Waals surface area contributed by atoms with Gasteiger partial charge in [0.2, 0.25) is 20.0 Å². The molecule has 0 aliphatic carbocycles. The van der Waals surface area contributed by atoms with Crippen LogP contribution in [0.3, 0.4) is 0 Å². The van der Waals surface area contributed by atoms with Crippen LogP contribution < -0.4 is 9.44 Å². The number of nitrogens with one attached hydrogen (secondary N) is 2. The zero-order chi connectivity index (χ0) is 16.4. The lowest BCUT2D eigenvalue weighted by Crippen LogP contribution is -2.38. The molecule has 0 aliphatic heterocycles. The minimum absolute atomic E-state index is 0.414. The standard InChI is InChI=1S/C10H13FN2O6S2/c1-6(10(14)15)12-21(18,19)7-3-4-9(8(11)5-7)13-20(2,16)17/h3-6,12-13H,1-2H3,(H,14,15). The van der Waals surface area contributed by atoms with Crippen LogP contribution in [-0.4, -0.2) is 40.2 Å². The Bertz CT molecular complexity index is 760. The second kappa shape index (κ2) is 5.95. The van der Waals surface area contributed by atoms with Crippen LogP contribution in [0.4, 0.5) is 10.1 Å². The maximum Gasteiger partial charge on any atom is 0.321 e. The van der Waals surface area contributed by atoms with Gasteiger partial charge in [0, 0.05) is 0 Å². The maximum atomic E-state index is 13.7. The molecular weight excluding hydrogens is 327 g/mol. The first-order valence-electron chi connectivity index (χ1n) is 5.45. The van der Waals surface area contributed by atoms with Gasteiger partial charge in [-0.2, -0.15) is 4.72 Å². The Morgan fingerprint density at radius 3 is 2.29 bits per heavy atom. The topological polar surface area (TPSA) is 130 Å². The van der Waals surface area contributed by atoms with E-state index in [2.05, 4.69) is 0 Å². The minimum atomic E-state index is -4.24. The SMILES string of the molecule is CC(NS(=O)(=O)c1ccc(NS(C)(=O)=O)c(F)c1)C(=O)O. The third kappa shape index (κ3) is 4.95. The van der Waals surface area contributed by atoms with Gasteiger partial charge in [0.25, 0.3) is 0 Å². The number of benzene rings is 1. The molecule has 0 aliphatic rings. The quantitative estimate of drug-likeness (QED) is 0.666. The maximum absolute atomic E-state index is 13.7. The summed E-state index contributed by atoms with van der Waals surface area (Å²) in [6.45, 7) is 1.11. The number of hydrogen-bond acceptors (Lipinski definition) is 5. The van der Waals surface area contributed by atoms with Gasteiger partial charge in [-0.25, -0.2) is 21.2 Å². The zero-order valence-electron chi connectivity index (χ0n) is 11.0. The molecule has 0 spiro atoms. The monoisotopic (exact) mass is 340 g/mol. The summed E-state index contributed by atoms with van der Waals surface area (Å²) in [5.41, 5.74) is -0.414.